The second-order valence-corrected chi connectivity index (χ2v) is 5.53. The Hall–Kier alpha value is -1.30. The maximum atomic E-state index is 12.1. The van der Waals surface area contributed by atoms with Crippen LogP contribution in [0.1, 0.15) is 38.5 Å². The third-order valence-corrected chi connectivity index (χ3v) is 4.10. The molecule has 108 valence electrons. The van der Waals surface area contributed by atoms with Crippen molar-refractivity contribution in [2.45, 2.75) is 50.7 Å². The largest absolute Gasteiger partial charge is 0.481 e. The molecule has 1 saturated heterocycles. The lowest BCUT2D eigenvalue weighted by Crippen LogP contribution is -2.53. The van der Waals surface area contributed by atoms with Gasteiger partial charge in [0.1, 0.15) is 0 Å². The Morgan fingerprint density at radius 1 is 1.11 bits per heavy atom. The first-order valence-electron chi connectivity index (χ1n) is 7.04. The number of aliphatic hydroxyl groups excluding tert-OH is 1. The fourth-order valence-electron chi connectivity index (χ4n) is 2.89. The Morgan fingerprint density at radius 2 is 1.84 bits per heavy atom. The fraction of sp³-hybridized carbons (Fsp3) is 0.846. The lowest BCUT2D eigenvalue weighted by molar-refractivity contribution is -0.143. The molecule has 2 fully saturated rings. The lowest BCUT2D eigenvalue weighted by atomic mass is 9.92. The van der Waals surface area contributed by atoms with Crippen LogP contribution in [0, 0.1) is 5.92 Å². The number of hydrogen-bond donors (Lipinski definition) is 3. The molecule has 6 nitrogen and oxygen atoms in total. The minimum Gasteiger partial charge on any atom is -0.481 e. The van der Waals surface area contributed by atoms with E-state index in [0.29, 0.717) is 13.0 Å². The fourth-order valence-corrected chi connectivity index (χ4v) is 2.89. The van der Waals surface area contributed by atoms with Crippen LogP contribution in [-0.4, -0.2) is 52.3 Å². The number of rotatable bonds is 2. The first-order chi connectivity index (χ1) is 9.08. The Labute approximate surface area is 112 Å². The summed E-state index contributed by atoms with van der Waals surface area (Å²) in [6.45, 7) is 0.864. The summed E-state index contributed by atoms with van der Waals surface area (Å²) < 4.78 is 0. The van der Waals surface area contributed by atoms with E-state index in [0.717, 1.165) is 32.1 Å². The third kappa shape index (κ3) is 3.59. The molecule has 3 N–H and O–H groups in total. The van der Waals surface area contributed by atoms with Gasteiger partial charge < -0.3 is 20.4 Å². The second kappa shape index (κ2) is 6.23. The molecule has 0 aromatic rings. The molecule has 3 atom stereocenters. The highest BCUT2D eigenvalue weighted by molar-refractivity contribution is 5.76. The molecule has 1 heterocycles. The summed E-state index contributed by atoms with van der Waals surface area (Å²) in [5, 5.41) is 21.7. The maximum absolute atomic E-state index is 12.1. The average Bonchev–Trinajstić information content (AvgIpc) is 2.41. The van der Waals surface area contributed by atoms with E-state index in [-0.39, 0.29) is 18.6 Å². The van der Waals surface area contributed by atoms with Crippen molar-refractivity contribution < 1.29 is 19.8 Å². The number of amides is 2. The van der Waals surface area contributed by atoms with Gasteiger partial charge in [-0.2, -0.15) is 0 Å². The number of carboxylic acids is 1. The van der Waals surface area contributed by atoms with E-state index in [1.807, 2.05) is 0 Å². The molecule has 2 aliphatic rings. The number of carboxylic acid groups (broad SMARTS) is 1. The van der Waals surface area contributed by atoms with Crippen molar-refractivity contribution in [2.75, 3.05) is 13.1 Å². The van der Waals surface area contributed by atoms with Crippen LogP contribution in [0.5, 0.6) is 0 Å². The van der Waals surface area contributed by atoms with Gasteiger partial charge in [-0.15, -0.1) is 0 Å². The lowest BCUT2D eigenvalue weighted by Gasteiger charge is -2.34. The van der Waals surface area contributed by atoms with Gasteiger partial charge in [-0.3, -0.25) is 4.79 Å². The number of aliphatic hydroxyl groups is 1. The number of nitrogens with zero attached hydrogens (tertiary/aromatic N) is 1. The predicted octanol–water partition coefficient (Wildman–Crippen LogP) is 0.796. The molecule has 0 radical (unpaired) electrons. The summed E-state index contributed by atoms with van der Waals surface area (Å²) in [6, 6.07) is -0.427. The summed E-state index contributed by atoms with van der Waals surface area (Å²) in [6.07, 6.45) is 4.41. The Morgan fingerprint density at radius 3 is 2.53 bits per heavy atom. The van der Waals surface area contributed by atoms with Crippen molar-refractivity contribution >= 4 is 12.0 Å². The zero-order valence-electron chi connectivity index (χ0n) is 11.0. The van der Waals surface area contributed by atoms with Gasteiger partial charge in [-0.05, 0) is 25.7 Å². The molecule has 19 heavy (non-hydrogen) atoms. The number of nitrogens with one attached hydrogen (secondary N) is 1. The quantitative estimate of drug-likeness (QED) is 0.692. The van der Waals surface area contributed by atoms with Crippen molar-refractivity contribution in [1.29, 1.82) is 0 Å². The van der Waals surface area contributed by atoms with Gasteiger partial charge in [-0.25, -0.2) is 4.79 Å². The van der Waals surface area contributed by atoms with Crippen LogP contribution in [0.3, 0.4) is 0 Å². The zero-order valence-corrected chi connectivity index (χ0v) is 11.0. The number of piperidine rings is 1. The van der Waals surface area contributed by atoms with Crippen LogP contribution in [0.2, 0.25) is 0 Å². The van der Waals surface area contributed by atoms with E-state index < -0.39 is 18.0 Å². The molecule has 0 aromatic heterocycles. The molecular weight excluding hydrogens is 248 g/mol. The van der Waals surface area contributed by atoms with Crippen LogP contribution < -0.4 is 5.32 Å². The van der Waals surface area contributed by atoms with Gasteiger partial charge in [0.05, 0.1) is 18.1 Å². The third-order valence-electron chi connectivity index (χ3n) is 4.10. The van der Waals surface area contributed by atoms with Crippen LogP contribution >= 0.6 is 0 Å². The summed E-state index contributed by atoms with van der Waals surface area (Å²) in [5.41, 5.74) is 0. The highest BCUT2D eigenvalue weighted by Crippen LogP contribution is 2.20. The minimum atomic E-state index is -0.838. The second-order valence-electron chi connectivity index (χ2n) is 5.53. The number of urea groups is 1. The summed E-state index contributed by atoms with van der Waals surface area (Å²) in [4.78, 5) is 24.6. The van der Waals surface area contributed by atoms with Gasteiger partial charge in [0, 0.05) is 13.1 Å². The highest BCUT2D eigenvalue weighted by Gasteiger charge is 2.31. The molecular formula is C13H22N2O4. The van der Waals surface area contributed by atoms with Crippen molar-refractivity contribution in [2.24, 2.45) is 5.92 Å². The number of likely N-dealkylation sites (tertiary alicyclic amines) is 1. The first-order valence-corrected chi connectivity index (χ1v) is 7.04. The standard InChI is InChI=1S/C13H22N2O4/c16-11-6-2-1-5-10(11)14-13(19)15-7-3-4-9(8-15)12(17)18/h9-11,16H,1-8H2,(H,14,19)(H,17,18)/t9-,10?,11?/m1/s1. The normalized spacial score (nSPS) is 31.8. The van der Waals surface area contributed by atoms with E-state index in [4.69, 9.17) is 5.11 Å². The molecule has 0 bridgehead atoms. The van der Waals surface area contributed by atoms with E-state index in [9.17, 15) is 14.7 Å². The Bertz CT molecular complexity index is 348. The number of carbonyl (C=O) groups excluding carboxylic acids is 1. The van der Waals surface area contributed by atoms with Gasteiger partial charge in [-0.1, -0.05) is 12.8 Å². The molecule has 2 rings (SSSR count). The molecule has 0 aromatic carbocycles. The average molecular weight is 270 g/mol. The van der Waals surface area contributed by atoms with E-state index >= 15 is 0 Å². The number of carbonyl (C=O) groups is 2. The number of aliphatic carboxylic acids is 1. The molecule has 6 heteroatoms. The Balaban J connectivity index is 1.86. The van der Waals surface area contributed by atoms with Crippen LogP contribution in [0.25, 0.3) is 0 Å². The zero-order chi connectivity index (χ0) is 13.8. The number of hydrogen-bond acceptors (Lipinski definition) is 3. The first kappa shape index (κ1) is 14.1. The smallest absolute Gasteiger partial charge is 0.317 e. The van der Waals surface area contributed by atoms with Crippen LogP contribution in [-0.2, 0) is 4.79 Å². The minimum absolute atomic E-state index is 0.188. The van der Waals surface area contributed by atoms with Crippen LogP contribution in [0.15, 0.2) is 0 Å². The Kier molecular flexibility index (Phi) is 4.63. The summed E-state index contributed by atoms with van der Waals surface area (Å²) >= 11 is 0. The topological polar surface area (TPSA) is 89.9 Å². The molecule has 2 amide bonds. The van der Waals surface area contributed by atoms with E-state index in [2.05, 4.69) is 5.32 Å². The van der Waals surface area contributed by atoms with Gasteiger partial charge in [0.15, 0.2) is 0 Å². The molecule has 1 aliphatic heterocycles. The van der Waals surface area contributed by atoms with Gasteiger partial charge in [0.2, 0.25) is 0 Å². The highest BCUT2D eigenvalue weighted by atomic mass is 16.4. The maximum Gasteiger partial charge on any atom is 0.317 e. The van der Waals surface area contributed by atoms with E-state index in [1.54, 1.807) is 4.90 Å². The van der Waals surface area contributed by atoms with Crippen molar-refractivity contribution in [3.63, 3.8) is 0 Å². The summed E-state index contributed by atoms with van der Waals surface area (Å²) in [7, 11) is 0. The molecule has 1 saturated carbocycles. The van der Waals surface area contributed by atoms with Crippen molar-refractivity contribution in [3.8, 4) is 0 Å². The molecule has 2 unspecified atom stereocenters. The molecule has 0 spiro atoms. The van der Waals surface area contributed by atoms with Crippen LogP contribution in [0.4, 0.5) is 4.79 Å². The van der Waals surface area contributed by atoms with Crippen molar-refractivity contribution in [1.82, 2.24) is 10.2 Å². The monoisotopic (exact) mass is 270 g/mol. The predicted molar refractivity (Wildman–Crippen MR) is 68.7 cm³/mol. The summed E-state index contributed by atoms with van der Waals surface area (Å²) in [5.74, 6) is -1.30. The van der Waals surface area contributed by atoms with E-state index in [1.165, 1.54) is 0 Å². The molecule has 1 aliphatic carbocycles. The van der Waals surface area contributed by atoms with Gasteiger partial charge >= 0.3 is 12.0 Å². The SMILES string of the molecule is O=C(O)[C@@H]1CCCN(C(=O)NC2CCCCC2O)C1. The van der Waals surface area contributed by atoms with Crippen molar-refractivity contribution in [3.05, 3.63) is 0 Å². The van der Waals surface area contributed by atoms with Gasteiger partial charge in [0.25, 0.3) is 0 Å².